The summed E-state index contributed by atoms with van der Waals surface area (Å²) >= 11 is 0. The first-order valence-electron chi connectivity index (χ1n) is 4.89. The fraction of sp³-hybridized carbons (Fsp3) is 0.273. The molecule has 0 bridgehead atoms. The van der Waals surface area contributed by atoms with Crippen molar-refractivity contribution in [1.29, 1.82) is 0 Å². The zero-order valence-electron chi connectivity index (χ0n) is 9.40. The van der Waals surface area contributed by atoms with Crippen molar-refractivity contribution in [1.82, 2.24) is 0 Å². The molecule has 0 spiro atoms. The van der Waals surface area contributed by atoms with Crippen molar-refractivity contribution in [3.05, 3.63) is 30.3 Å². The van der Waals surface area contributed by atoms with Crippen molar-refractivity contribution in [2.45, 2.75) is 19.4 Å². The molecule has 5 heteroatoms. The summed E-state index contributed by atoms with van der Waals surface area (Å²) in [6, 6.07) is 9.33. The number of nitrogens with one attached hydrogen (secondary N) is 1. The second-order valence-electron chi connectivity index (χ2n) is 3.91. The van der Waals surface area contributed by atoms with Gasteiger partial charge in [-0.15, -0.1) is 0 Å². The quantitative estimate of drug-likeness (QED) is 0.516. The molecule has 0 aliphatic rings. The Labute approximate surface area is 94.5 Å². The number of primary amides is 1. The molecule has 5 N–H and O–H groups in total. The maximum atomic E-state index is 11.0. The van der Waals surface area contributed by atoms with Crippen molar-refractivity contribution < 1.29 is 4.79 Å². The Morgan fingerprint density at radius 1 is 1.25 bits per heavy atom. The van der Waals surface area contributed by atoms with Crippen LogP contribution in [0, 0.1) is 0 Å². The number of hydrogen-bond acceptors (Lipinski definition) is 2. The third-order valence-corrected chi connectivity index (χ3v) is 2.05. The number of carbonyl (C=O) groups excluding carboxylic acids is 1. The Balaban J connectivity index is 2.76. The van der Waals surface area contributed by atoms with Crippen LogP contribution in [0.5, 0.6) is 0 Å². The SMILES string of the molecule is CC(C)(N=C(N)Nc1ccccc1)C(N)=O. The van der Waals surface area contributed by atoms with Crippen molar-refractivity contribution in [2.24, 2.45) is 16.5 Å². The summed E-state index contributed by atoms with van der Waals surface area (Å²) < 4.78 is 0. The van der Waals surface area contributed by atoms with E-state index in [-0.39, 0.29) is 5.96 Å². The summed E-state index contributed by atoms with van der Waals surface area (Å²) in [7, 11) is 0. The van der Waals surface area contributed by atoms with Crippen LogP contribution in [0.4, 0.5) is 5.69 Å². The summed E-state index contributed by atoms with van der Waals surface area (Å²) in [6.07, 6.45) is 0. The Kier molecular flexibility index (Phi) is 3.50. The summed E-state index contributed by atoms with van der Waals surface area (Å²) in [5.74, 6) is -0.361. The lowest BCUT2D eigenvalue weighted by Crippen LogP contribution is -2.39. The lowest BCUT2D eigenvalue weighted by molar-refractivity contribution is -0.121. The molecule has 86 valence electrons. The zero-order valence-corrected chi connectivity index (χ0v) is 9.40. The summed E-state index contributed by atoms with van der Waals surface area (Å²) in [5.41, 5.74) is 10.6. The monoisotopic (exact) mass is 220 g/mol. The van der Waals surface area contributed by atoms with Crippen LogP contribution in [-0.4, -0.2) is 17.4 Å². The number of nitrogens with two attached hydrogens (primary N) is 2. The number of anilines is 1. The second-order valence-corrected chi connectivity index (χ2v) is 3.91. The highest BCUT2D eigenvalue weighted by molar-refractivity contribution is 5.95. The minimum Gasteiger partial charge on any atom is -0.370 e. The number of rotatable bonds is 3. The minimum absolute atomic E-state index is 0.162. The number of carbonyl (C=O) groups is 1. The fourth-order valence-electron chi connectivity index (χ4n) is 1.05. The summed E-state index contributed by atoms with van der Waals surface area (Å²) in [6.45, 7) is 3.21. The normalized spacial score (nSPS) is 12.2. The Morgan fingerprint density at radius 3 is 2.31 bits per heavy atom. The Bertz CT molecular complexity index is 398. The van der Waals surface area contributed by atoms with Gasteiger partial charge < -0.3 is 16.8 Å². The van der Waals surface area contributed by atoms with E-state index in [2.05, 4.69) is 10.3 Å². The van der Waals surface area contributed by atoms with Gasteiger partial charge in [-0.25, -0.2) is 4.99 Å². The lowest BCUT2D eigenvalue weighted by atomic mass is 10.1. The molecule has 0 saturated carbocycles. The highest BCUT2D eigenvalue weighted by Crippen LogP contribution is 2.09. The standard InChI is InChI=1S/C11H16N4O/c1-11(2,9(12)16)15-10(13)14-8-6-4-3-5-7-8/h3-7H,1-2H3,(H2,12,16)(H3,13,14,15). The molecular weight excluding hydrogens is 204 g/mol. The van der Waals surface area contributed by atoms with Crippen LogP contribution in [0.25, 0.3) is 0 Å². The Hall–Kier alpha value is -2.04. The minimum atomic E-state index is -1.01. The highest BCUT2D eigenvalue weighted by atomic mass is 16.1. The maximum Gasteiger partial charge on any atom is 0.244 e. The molecule has 0 radical (unpaired) electrons. The number of amides is 1. The van der Waals surface area contributed by atoms with E-state index >= 15 is 0 Å². The second kappa shape index (κ2) is 4.65. The number of benzene rings is 1. The molecule has 0 saturated heterocycles. The van der Waals surface area contributed by atoms with Gasteiger partial charge in [-0.05, 0) is 26.0 Å². The van der Waals surface area contributed by atoms with Crippen LogP contribution < -0.4 is 16.8 Å². The van der Waals surface area contributed by atoms with Gasteiger partial charge in [0.1, 0.15) is 5.54 Å². The van der Waals surface area contributed by atoms with Crippen LogP contribution in [0.2, 0.25) is 0 Å². The van der Waals surface area contributed by atoms with Crippen LogP contribution in [0.15, 0.2) is 35.3 Å². The number of hydrogen-bond donors (Lipinski definition) is 3. The topological polar surface area (TPSA) is 93.5 Å². The predicted octanol–water partition coefficient (Wildman–Crippen LogP) is 0.677. The van der Waals surface area contributed by atoms with Crippen LogP contribution in [0.1, 0.15) is 13.8 Å². The van der Waals surface area contributed by atoms with E-state index in [1.807, 2.05) is 30.3 Å². The third kappa shape index (κ3) is 3.27. The van der Waals surface area contributed by atoms with E-state index < -0.39 is 11.4 Å². The van der Waals surface area contributed by atoms with Crippen molar-refractivity contribution in [3.63, 3.8) is 0 Å². The van der Waals surface area contributed by atoms with Gasteiger partial charge in [-0.1, -0.05) is 18.2 Å². The first-order valence-corrected chi connectivity index (χ1v) is 4.89. The van der Waals surface area contributed by atoms with Gasteiger partial charge >= 0.3 is 0 Å². The lowest BCUT2D eigenvalue weighted by Gasteiger charge is -2.16. The first-order chi connectivity index (χ1) is 7.42. The maximum absolute atomic E-state index is 11.0. The van der Waals surface area contributed by atoms with Gasteiger partial charge in [0.25, 0.3) is 0 Å². The Morgan fingerprint density at radius 2 is 1.81 bits per heavy atom. The van der Waals surface area contributed by atoms with E-state index in [4.69, 9.17) is 11.5 Å². The highest BCUT2D eigenvalue weighted by Gasteiger charge is 2.24. The molecule has 1 aromatic carbocycles. The molecule has 0 aliphatic heterocycles. The first kappa shape index (κ1) is 12.0. The van der Waals surface area contributed by atoms with Gasteiger partial charge in [0.05, 0.1) is 0 Å². The van der Waals surface area contributed by atoms with Gasteiger partial charge in [-0.3, -0.25) is 4.79 Å². The molecule has 1 amide bonds. The van der Waals surface area contributed by atoms with E-state index in [0.29, 0.717) is 0 Å². The van der Waals surface area contributed by atoms with E-state index in [1.165, 1.54) is 0 Å². The molecular formula is C11H16N4O. The molecule has 0 fully saturated rings. The summed E-state index contributed by atoms with van der Waals surface area (Å²) in [4.78, 5) is 15.1. The van der Waals surface area contributed by atoms with Crippen molar-refractivity contribution >= 4 is 17.6 Å². The van der Waals surface area contributed by atoms with Crippen LogP contribution in [0.3, 0.4) is 0 Å². The molecule has 0 atom stereocenters. The fourth-order valence-corrected chi connectivity index (χ4v) is 1.05. The van der Waals surface area contributed by atoms with Gasteiger partial charge in [-0.2, -0.15) is 0 Å². The molecule has 0 unspecified atom stereocenters. The van der Waals surface area contributed by atoms with E-state index in [1.54, 1.807) is 13.8 Å². The van der Waals surface area contributed by atoms with Crippen LogP contribution >= 0.6 is 0 Å². The predicted molar refractivity (Wildman–Crippen MR) is 65.0 cm³/mol. The largest absolute Gasteiger partial charge is 0.370 e. The van der Waals surface area contributed by atoms with Crippen molar-refractivity contribution in [2.75, 3.05) is 5.32 Å². The smallest absolute Gasteiger partial charge is 0.244 e. The molecule has 16 heavy (non-hydrogen) atoms. The molecule has 0 aromatic heterocycles. The molecule has 1 aromatic rings. The average Bonchev–Trinajstić information content (AvgIpc) is 2.17. The number of nitrogens with zero attached hydrogens (tertiary/aromatic N) is 1. The van der Waals surface area contributed by atoms with Gasteiger partial charge in [0, 0.05) is 5.69 Å². The van der Waals surface area contributed by atoms with Crippen molar-refractivity contribution in [3.8, 4) is 0 Å². The zero-order chi connectivity index (χ0) is 12.2. The number of aliphatic imine (C=N–C) groups is 1. The van der Waals surface area contributed by atoms with E-state index in [0.717, 1.165) is 5.69 Å². The molecule has 0 aliphatic carbocycles. The van der Waals surface area contributed by atoms with E-state index in [9.17, 15) is 4.79 Å². The molecule has 0 heterocycles. The van der Waals surface area contributed by atoms with Gasteiger partial charge in [0.15, 0.2) is 5.96 Å². The van der Waals surface area contributed by atoms with Crippen LogP contribution in [-0.2, 0) is 4.79 Å². The number of para-hydroxylation sites is 1. The van der Waals surface area contributed by atoms with Gasteiger partial charge in [0.2, 0.25) is 5.91 Å². The third-order valence-electron chi connectivity index (χ3n) is 2.05. The average molecular weight is 220 g/mol. The molecule has 1 rings (SSSR count). The number of guanidine groups is 1. The summed E-state index contributed by atoms with van der Waals surface area (Å²) in [5, 5.41) is 2.87. The molecule has 5 nitrogen and oxygen atoms in total.